The first-order valence-electron chi connectivity index (χ1n) is 7.89. The number of rotatable bonds is 3. The summed E-state index contributed by atoms with van der Waals surface area (Å²) in [5.41, 5.74) is 1.74. The Balaban J connectivity index is 1.79. The van der Waals surface area contributed by atoms with Crippen LogP contribution in [0.5, 0.6) is 0 Å². The quantitative estimate of drug-likeness (QED) is 0.737. The van der Waals surface area contributed by atoms with E-state index in [0.717, 1.165) is 28.7 Å². The molecular formula is C17H20ClFN2. The molecule has 4 heteroatoms. The van der Waals surface area contributed by atoms with E-state index in [-0.39, 0.29) is 5.82 Å². The molecule has 2 aromatic rings. The second-order valence-corrected chi connectivity index (χ2v) is 7.01. The van der Waals surface area contributed by atoms with Crippen LogP contribution in [0, 0.1) is 23.6 Å². The number of aromatic nitrogens is 2. The van der Waals surface area contributed by atoms with Crippen molar-refractivity contribution in [2.75, 3.05) is 0 Å². The molecule has 4 atom stereocenters. The minimum atomic E-state index is -0.204. The maximum atomic E-state index is 13.6. The lowest BCUT2D eigenvalue weighted by atomic mass is 9.83. The summed E-state index contributed by atoms with van der Waals surface area (Å²) in [6.07, 6.45) is 5.45. The smallest absolute Gasteiger partial charge is 0.125 e. The molecule has 2 nitrogen and oxygen atoms in total. The van der Waals surface area contributed by atoms with E-state index in [1.54, 1.807) is 12.1 Å². The number of hydrogen-bond donors (Lipinski definition) is 0. The maximum Gasteiger partial charge on any atom is 0.125 e. The van der Waals surface area contributed by atoms with Crippen LogP contribution in [0.1, 0.15) is 44.5 Å². The number of fused-ring (bicyclic) bond motifs is 3. The van der Waals surface area contributed by atoms with Gasteiger partial charge in [-0.2, -0.15) is 0 Å². The SMILES string of the molecule is CC(C1CC2CCC1C2)n1c(CCl)nc2ccc(F)cc21. The second-order valence-electron chi connectivity index (χ2n) is 6.74. The van der Waals surface area contributed by atoms with E-state index in [1.807, 2.05) is 0 Å². The molecule has 0 amide bonds. The first-order chi connectivity index (χ1) is 10.2. The fraction of sp³-hybridized carbons (Fsp3) is 0.588. The average Bonchev–Trinajstić information content (AvgIpc) is 3.18. The van der Waals surface area contributed by atoms with Gasteiger partial charge in [-0.25, -0.2) is 9.37 Å². The van der Waals surface area contributed by atoms with E-state index in [1.165, 1.54) is 31.7 Å². The van der Waals surface area contributed by atoms with E-state index >= 15 is 0 Å². The molecule has 0 spiro atoms. The van der Waals surface area contributed by atoms with Crippen molar-refractivity contribution in [3.8, 4) is 0 Å². The fourth-order valence-corrected chi connectivity index (χ4v) is 4.93. The van der Waals surface area contributed by atoms with Gasteiger partial charge in [0.2, 0.25) is 0 Å². The van der Waals surface area contributed by atoms with Gasteiger partial charge in [0, 0.05) is 6.04 Å². The van der Waals surface area contributed by atoms with Gasteiger partial charge in [-0.1, -0.05) is 6.42 Å². The van der Waals surface area contributed by atoms with Crippen LogP contribution < -0.4 is 0 Å². The van der Waals surface area contributed by atoms with Crippen molar-refractivity contribution in [1.82, 2.24) is 9.55 Å². The van der Waals surface area contributed by atoms with Crippen LogP contribution in [0.2, 0.25) is 0 Å². The predicted octanol–water partition coefficient (Wildman–Crippen LogP) is 4.91. The zero-order valence-corrected chi connectivity index (χ0v) is 13.0. The maximum absolute atomic E-state index is 13.6. The minimum absolute atomic E-state index is 0.204. The van der Waals surface area contributed by atoms with Crippen LogP contribution in [-0.2, 0) is 5.88 Å². The number of nitrogens with zero attached hydrogens (tertiary/aromatic N) is 2. The van der Waals surface area contributed by atoms with E-state index in [9.17, 15) is 4.39 Å². The Labute approximate surface area is 129 Å². The van der Waals surface area contributed by atoms with Gasteiger partial charge in [0.1, 0.15) is 11.6 Å². The Hall–Kier alpha value is -1.09. The molecule has 2 bridgehead atoms. The molecule has 0 N–H and O–H groups in total. The molecule has 1 aromatic heterocycles. The van der Waals surface area contributed by atoms with Crippen molar-refractivity contribution in [1.29, 1.82) is 0 Å². The summed E-state index contributed by atoms with van der Waals surface area (Å²) < 4.78 is 15.8. The Morgan fingerprint density at radius 1 is 1.38 bits per heavy atom. The lowest BCUT2D eigenvalue weighted by Crippen LogP contribution is -2.23. The van der Waals surface area contributed by atoms with Gasteiger partial charge in [-0.15, -0.1) is 11.6 Å². The molecule has 2 fully saturated rings. The minimum Gasteiger partial charge on any atom is -0.324 e. The normalized spacial score (nSPS) is 29.4. The van der Waals surface area contributed by atoms with Gasteiger partial charge in [-0.3, -0.25) is 0 Å². The number of imidazole rings is 1. The summed E-state index contributed by atoms with van der Waals surface area (Å²) in [5, 5.41) is 0. The number of halogens is 2. The van der Waals surface area contributed by atoms with Gasteiger partial charge in [0.15, 0.2) is 0 Å². The molecule has 4 rings (SSSR count). The van der Waals surface area contributed by atoms with Crippen molar-refractivity contribution in [3.05, 3.63) is 29.8 Å². The Morgan fingerprint density at radius 2 is 2.24 bits per heavy atom. The molecule has 2 aliphatic carbocycles. The average molecular weight is 307 g/mol. The Kier molecular flexibility index (Phi) is 3.21. The van der Waals surface area contributed by atoms with E-state index in [0.29, 0.717) is 17.8 Å². The molecule has 0 radical (unpaired) electrons. The standard InChI is InChI=1S/C17H20ClFN2/c1-10(14-7-11-2-3-12(14)6-11)21-16-8-13(19)4-5-15(16)20-17(21)9-18/h4-5,8,10-12,14H,2-3,6-7,9H2,1H3. The third-order valence-corrected chi connectivity index (χ3v) is 5.90. The zero-order chi connectivity index (χ0) is 14.6. The first kappa shape index (κ1) is 13.6. The molecule has 21 heavy (non-hydrogen) atoms. The van der Waals surface area contributed by atoms with Gasteiger partial charge in [0.25, 0.3) is 0 Å². The molecule has 2 saturated carbocycles. The van der Waals surface area contributed by atoms with Crippen LogP contribution in [-0.4, -0.2) is 9.55 Å². The highest BCUT2D eigenvalue weighted by atomic mass is 35.5. The van der Waals surface area contributed by atoms with Crippen LogP contribution in [0.4, 0.5) is 4.39 Å². The van der Waals surface area contributed by atoms with Crippen molar-refractivity contribution in [2.24, 2.45) is 17.8 Å². The summed E-state index contributed by atoms with van der Waals surface area (Å²) in [6, 6.07) is 5.17. The molecule has 112 valence electrons. The molecule has 0 saturated heterocycles. The van der Waals surface area contributed by atoms with E-state index < -0.39 is 0 Å². The second kappa shape index (κ2) is 4.98. The fourth-order valence-electron chi connectivity index (χ4n) is 4.74. The van der Waals surface area contributed by atoms with E-state index in [2.05, 4.69) is 16.5 Å². The molecule has 0 aliphatic heterocycles. The molecule has 1 heterocycles. The Bertz CT molecular complexity index is 681. The van der Waals surface area contributed by atoms with E-state index in [4.69, 9.17) is 11.6 Å². The zero-order valence-electron chi connectivity index (χ0n) is 12.2. The molecule has 2 aliphatic rings. The number of alkyl halides is 1. The summed E-state index contributed by atoms with van der Waals surface area (Å²) in [6.45, 7) is 2.26. The summed E-state index contributed by atoms with van der Waals surface area (Å²) in [7, 11) is 0. The third-order valence-electron chi connectivity index (χ3n) is 5.66. The van der Waals surface area contributed by atoms with Gasteiger partial charge in [0.05, 0.1) is 16.9 Å². The highest BCUT2D eigenvalue weighted by Crippen LogP contribution is 2.52. The lowest BCUT2D eigenvalue weighted by molar-refractivity contribution is 0.243. The highest BCUT2D eigenvalue weighted by molar-refractivity contribution is 6.16. The van der Waals surface area contributed by atoms with Crippen LogP contribution in [0.25, 0.3) is 11.0 Å². The van der Waals surface area contributed by atoms with Gasteiger partial charge < -0.3 is 4.57 Å². The third kappa shape index (κ3) is 2.09. The van der Waals surface area contributed by atoms with Crippen molar-refractivity contribution < 1.29 is 4.39 Å². The van der Waals surface area contributed by atoms with Gasteiger partial charge in [-0.05, 0) is 62.1 Å². The summed E-state index contributed by atoms with van der Waals surface area (Å²) in [5.74, 6) is 3.47. The topological polar surface area (TPSA) is 17.8 Å². The number of hydrogen-bond acceptors (Lipinski definition) is 1. The number of benzene rings is 1. The first-order valence-corrected chi connectivity index (χ1v) is 8.43. The predicted molar refractivity (Wildman–Crippen MR) is 82.9 cm³/mol. The van der Waals surface area contributed by atoms with Crippen LogP contribution >= 0.6 is 11.6 Å². The summed E-state index contributed by atoms with van der Waals surface area (Å²) >= 11 is 6.10. The monoisotopic (exact) mass is 306 g/mol. The van der Waals surface area contributed by atoms with Crippen molar-refractivity contribution >= 4 is 22.6 Å². The Morgan fingerprint density at radius 3 is 2.90 bits per heavy atom. The van der Waals surface area contributed by atoms with Crippen molar-refractivity contribution in [2.45, 2.75) is 44.5 Å². The molecule has 1 aromatic carbocycles. The van der Waals surface area contributed by atoms with Crippen LogP contribution in [0.3, 0.4) is 0 Å². The highest BCUT2D eigenvalue weighted by Gasteiger charge is 2.42. The van der Waals surface area contributed by atoms with Crippen molar-refractivity contribution in [3.63, 3.8) is 0 Å². The largest absolute Gasteiger partial charge is 0.324 e. The lowest BCUT2D eigenvalue weighted by Gasteiger charge is -2.30. The summed E-state index contributed by atoms with van der Waals surface area (Å²) in [4.78, 5) is 4.59. The molecular weight excluding hydrogens is 287 g/mol. The van der Waals surface area contributed by atoms with Crippen LogP contribution in [0.15, 0.2) is 18.2 Å². The molecule has 4 unspecified atom stereocenters. The van der Waals surface area contributed by atoms with Gasteiger partial charge >= 0.3 is 0 Å².